The molecule has 0 N–H and O–H groups in total. The Labute approximate surface area is 113 Å². The van der Waals surface area contributed by atoms with Crippen LogP contribution in [0.2, 0.25) is 0 Å². The van der Waals surface area contributed by atoms with Gasteiger partial charge >= 0.3 is 53.4 Å². The first kappa shape index (κ1) is 18.9. The fraction of sp³-hybridized carbons (Fsp3) is 0. The van der Waals surface area contributed by atoms with Gasteiger partial charge in [0, 0.05) is 0 Å². The van der Waals surface area contributed by atoms with Crippen LogP contribution in [0, 0.1) is 6.08 Å². The van der Waals surface area contributed by atoms with E-state index in [4.69, 9.17) is 0 Å². The van der Waals surface area contributed by atoms with Crippen LogP contribution in [0.15, 0.2) is 36.9 Å². The molecule has 0 saturated heterocycles. The van der Waals surface area contributed by atoms with Crippen molar-refractivity contribution in [1.82, 2.24) is 0 Å². The van der Waals surface area contributed by atoms with Gasteiger partial charge in [-0.2, -0.15) is 30.4 Å². The molecule has 0 nitrogen and oxygen atoms in total. The van der Waals surface area contributed by atoms with Gasteiger partial charge in [-0.25, -0.2) is 0 Å². The molecule has 0 heterocycles. The summed E-state index contributed by atoms with van der Waals surface area (Å²) in [7, 11) is 0. The summed E-state index contributed by atoms with van der Waals surface area (Å²) in [5.74, 6) is 0. The number of hydrogen-bond donors (Lipinski definition) is 0. The maximum absolute atomic E-state index is 3.51. The Morgan fingerprint density at radius 2 is 1.58 bits per heavy atom. The van der Waals surface area contributed by atoms with E-state index in [1.54, 1.807) is 0 Å². The second-order valence-electron chi connectivity index (χ2n) is 1.54. The molecule has 1 aromatic rings. The van der Waals surface area contributed by atoms with Crippen molar-refractivity contribution in [3.05, 3.63) is 48.6 Å². The molecule has 56 valence electrons. The normalized spacial score (nSPS) is 6.25. The van der Waals surface area contributed by atoms with E-state index in [1.165, 1.54) is 14.8 Å². The van der Waals surface area contributed by atoms with E-state index < -0.39 is 0 Å². The van der Waals surface area contributed by atoms with Crippen LogP contribution in [-0.4, -0.2) is 0 Å². The molecule has 0 aromatic heterocycles. The van der Waals surface area contributed by atoms with E-state index in [9.17, 15) is 0 Å². The summed E-state index contributed by atoms with van der Waals surface area (Å²) in [6.07, 6.45) is 2.78. The van der Waals surface area contributed by atoms with Crippen LogP contribution in [0.3, 0.4) is 0 Å². The Morgan fingerprint density at radius 1 is 1.17 bits per heavy atom. The summed E-state index contributed by atoms with van der Waals surface area (Å²) in [4.78, 5) is 0. The Hall–Kier alpha value is 1.20. The van der Waals surface area contributed by atoms with Crippen LogP contribution in [0.4, 0.5) is 0 Å². The Morgan fingerprint density at radius 3 is 1.83 bits per heavy atom. The molecule has 0 aliphatic heterocycles. The Bertz CT molecular complexity index is 182. The monoisotopic (exact) mass is 336 g/mol. The first-order chi connectivity index (χ1) is 4.93. The zero-order chi connectivity index (χ0) is 7.82. The topological polar surface area (TPSA) is 0 Å². The van der Waals surface area contributed by atoms with Crippen molar-refractivity contribution < 1.29 is 46.1 Å². The van der Waals surface area contributed by atoms with Gasteiger partial charge in [-0.3, -0.25) is 0 Å². The van der Waals surface area contributed by atoms with E-state index in [-0.39, 0.29) is 31.3 Å². The minimum atomic E-state index is 0. The van der Waals surface area contributed by atoms with Gasteiger partial charge in [0.15, 0.2) is 0 Å². The van der Waals surface area contributed by atoms with Gasteiger partial charge in [0.25, 0.3) is 0 Å². The SMILES string of the molecule is C=[C-]c1ccccc1.[Cl-].[Li+].[Zn+][I]. The third-order valence-electron chi connectivity index (χ3n) is 0.978. The molecule has 12 heavy (non-hydrogen) atoms. The number of rotatable bonds is 1. The van der Waals surface area contributed by atoms with Crippen molar-refractivity contribution in [2.75, 3.05) is 0 Å². The van der Waals surface area contributed by atoms with Crippen molar-refractivity contribution in [2.45, 2.75) is 0 Å². The molecule has 0 aliphatic rings. The van der Waals surface area contributed by atoms with Crippen molar-refractivity contribution >= 4 is 19.8 Å². The molecular formula is C8H7ClILiZn. The predicted molar refractivity (Wildman–Crippen MR) is 48.4 cm³/mol. The van der Waals surface area contributed by atoms with Crippen LogP contribution in [0.25, 0.3) is 0 Å². The molecular weight excluding hydrogens is 331 g/mol. The first-order valence-corrected chi connectivity index (χ1v) is 11.8. The second kappa shape index (κ2) is 14.7. The van der Waals surface area contributed by atoms with Crippen molar-refractivity contribution in [2.24, 2.45) is 0 Å². The van der Waals surface area contributed by atoms with Crippen molar-refractivity contribution in [3.8, 4) is 0 Å². The van der Waals surface area contributed by atoms with E-state index in [0.717, 1.165) is 5.56 Å². The van der Waals surface area contributed by atoms with E-state index in [1.807, 2.05) is 30.3 Å². The van der Waals surface area contributed by atoms with Gasteiger partial charge in [-0.1, -0.05) is 6.07 Å². The van der Waals surface area contributed by atoms with Gasteiger partial charge in [0.1, 0.15) is 0 Å². The molecule has 0 unspecified atom stereocenters. The number of halogens is 2. The molecule has 0 fully saturated rings. The summed E-state index contributed by atoms with van der Waals surface area (Å²) in [5, 5.41) is 0. The standard InChI is InChI=1S/C8H7.ClH.HI.Li.Zn/c1-2-8-6-4-3-5-7-8;;;;/h3-7H,1H2;2*1H;;/q-1;;;+1;+2/p-2. The van der Waals surface area contributed by atoms with E-state index in [2.05, 4.69) is 32.4 Å². The second-order valence-corrected chi connectivity index (χ2v) is 1.54. The molecule has 1 rings (SSSR count). The van der Waals surface area contributed by atoms with E-state index >= 15 is 0 Å². The van der Waals surface area contributed by atoms with Gasteiger partial charge in [-0.05, 0) is 0 Å². The van der Waals surface area contributed by atoms with Gasteiger partial charge in [-0.15, -0.1) is 12.1 Å². The summed E-state index contributed by atoms with van der Waals surface area (Å²) in [6, 6.07) is 9.84. The summed E-state index contributed by atoms with van der Waals surface area (Å²) in [6.45, 7) is 3.51. The molecule has 0 amide bonds. The third kappa shape index (κ3) is 9.29. The molecule has 4 heteroatoms. The fourth-order valence-corrected chi connectivity index (χ4v) is 0.556. The summed E-state index contributed by atoms with van der Waals surface area (Å²) in [5.41, 5.74) is 1.05. The zero-order valence-corrected chi connectivity index (χ0v) is 12.9. The Balaban J connectivity index is -0.000000189. The average molecular weight is 338 g/mol. The summed E-state index contributed by atoms with van der Waals surface area (Å²) >= 11 is 3.62. The fourth-order valence-electron chi connectivity index (χ4n) is 0.556. The third-order valence-corrected chi connectivity index (χ3v) is 0.978. The quantitative estimate of drug-likeness (QED) is 0.290. The van der Waals surface area contributed by atoms with Crippen LogP contribution >= 0.6 is 19.8 Å². The van der Waals surface area contributed by atoms with Crippen molar-refractivity contribution in [3.63, 3.8) is 0 Å². The predicted octanol–water partition coefficient (Wildman–Crippen LogP) is -3.08. The first-order valence-electron chi connectivity index (χ1n) is 2.78. The van der Waals surface area contributed by atoms with Gasteiger partial charge in [0.2, 0.25) is 0 Å². The van der Waals surface area contributed by atoms with Crippen molar-refractivity contribution in [1.29, 1.82) is 0 Å². The van der Waals surface area contributed by atoms with Crippen LogP contribution in [-0.2, 0) is 14.8 Å². The molecule has 0 saturated carbocycles. The van der Waals surface area contributed by atoms with E-state index in [0.29, 0.717) is 0 Å². The number of hydrogen-bond acceptors (Lipinski definition) is 0. The molecule has 1 aromatic carbocycles. The zero-order valence-electron chi connectivity index (χ0n) is 7.06. The van der Waals surface area contributed by atoms with Gasteiger partial charge in [0.05, 0.1) is 0 Å². The number of benzene rings is 1. The molecule has 0 spiro atoms. The molecule has 0 atom stereocenters. The summed E-state index contributed by atoms with van der Waals surface area (Å²) < 4.78 is 0. The molecule has 0 bridgehead atoms. The van der Waals surface area contributed by atoms with Crippen LogP contribution in [0.1, 0.15) is 5.56 Å². The Kier molecular flexibility index (Phi) is 23.1. The minimum absolute atomic E-state index is 0. The average Bonchev–Trinajstić information content (AvgIpc) is 2.10. The maximum atomic E-state index is 3.51. The van der Waals surface area contributed by atoms with Crippen LogP contribution < -0.4 is 31.3 Å². The molecule has 0 aliphatic carbocycles. The van der Waals surface area contributed by atoms with Gasteiger partial charge < -0.3 is 12.4 Å². The molecule has 0 radical (unpaired) electrons. The van der Waals surface area contributed by atoms with Crippen LogP contribution in [0.5, 0.6) is 0 Å².